The number of thioether (sulfide) groups is 1. The van der Waals surface area contributed by atoms with Gasteiger partial charge in [-0.2, -0.15) is 16.9 Å². The zero-order valence-electron chi connectivity index (χ0n) is 9.19. The average molecular weight is 214 g/mol. The highest BCUT2D eigenvalue weighted by Gasteiger charge is 2.15. The molecule has 0 fully saturated rings. The molecule has 1 unspecified atom stereocenters. The molecule has 0 radical (unpaired) electrons. The average Bonchev–Trinajstić information content (AvgIpc) is 2.46. The molecule has 1 N–H and O–H groups in total. The number of aliphatic hydroxyl groups excluding tert-OH is 1. The Morgan fingerprint density at radius 2 is 2.21 bits per heavy atom. The minimum absolute atomic E-state index is 0.198. The first-order chi connectivity index (χ1) is 6.38. The van der Waals surface area contributed by atoms with Gasteiger partial charge in [0, 0.05) is 29.3 Å². The fourth-order valence-electron chi connectivity index (χ4n) is 1.04. The Morgan fingerprint density at radius 3 is 2.64 bits per heavy atom. The van der Waals surface area contributed by atoms with E-state index >= 15 is 0 Å². The molecule has 3 nitrogen and oxygen atoms in total. The summed E-state index contributed by atoms with van der Waals surface area (Å²) in [6, 6.07) is 0. The Hall–Kier alpha value is -0.480. The molecule has 0 saturated carbocycles. The summed E-state index contributed by atoms with van der Waals surface area (Å²) < 4.78 is 1.91. The lowest BCUT2D eigenvalue weighted by atomic mass is 10.2. The van der Waals surface area contributed by atoms with E-state index in [4.69, 9.17) is 0 Å². The van der Waals surface area contributed by atoms with E-state index in [9.17, 15) is 5.11 Å². The largest absolute Gasteiger partial charge is 0.387 e. The Balaban J connectivity index is 2.47. The predicted molar refractivity (Wildman–Crippen MR) is 60.4 cm³/mol. The molecule has 1 atom stereocenters. The molecule has 4 heteroatoms. The summed E-state index contributed by atoms with van der Waals surface area (Å²) in [7, 11) is 1.85. The van der Waals surface area contributed by atoms with Crippen LogP contribution in [-0.2, 0) is 7.05 Å². The second kappa shape index (κ2) is 4.36. The molecule has 1 aromatic heterocycles. The van der Waals surface area contributed by atoms with Crippen molar-refractivity contribution in [1.29, 1.82) is 0 Å². The van der Waals surface area contributed by atoms with Gasteiger partial charge in [-0.25, -0.2) is 0 Å². The van der Waals surface area contributed by atoms with E-state index in [0.717, 1.165) is 11.3 Å². The quantitative estimate of drug-likeness (QED) is 0.836. The monoisotopic (exact) mass is 214 g/mol. The van der Waals surface area contributed by atoms with E-state index in [2.05, 4.69) is 25.9 Å². The molecular weight excluding hydrogens is 196 g/mol. The second-order valence-corrected chi connectivity index (χ2v) is 6.23. The van der Waals surface area contributed by atoms with Crippen LogP contribution in [0.1, 0.15) is 32.4 Å². The molecule has 0 aliphatic carbocycles. The van der Waals surface area contributed by atoms with Gasteiger partial charge in [-0.05, 0) is 0 Å². The van der Waals surface area contributed by atoms with Crippen molar-refractivity contribution in [2.75, 3.05) is 5.75 Å². The van der Waals surface area contributed by atoms with Crippen LogP contribution in [0.2, 0.25) is 0 Å². The summed E-state index contributed by atoms with van der Waals surface area (Å²) >= 11 is 1.76. The number of hydrogen-bond acceptors (Lipinski definition) is 3. The smallest absolute Gasteiger partial charge is 0.0910 e. The van der Waals surface area contributed by atoms with Gasteiger partial charge < -0.3 is 5.11 Å². The van der Waals surface area contributed by atoms with Crippen molar-refractivity contribution < 1.29 is 5.11 Å². The van der Waals surface area contributed by atoms with E-state index in [1.54, 1.807) is 22.6 Å². The number of aromatic nitrogens is 2. The fraction of sp³-hybridized carbons (Fsp3) is 0.700. The molecular formula is C10H18N2OS. The first-order valence-corrected chi connectivity index (χ1v) is 5.67. The van der Waals surface area contributed by atoms with Gasteiger partial charge >= 0.3 is 0 Å². The maximum Gasteiger partial charge on any atom is 0.0910 e. The summed E-state index contributed by atoms with van der Waals surface area (Å²) in [5.74, 6) is 0.717. The summed E-state index contributed by atoms with van der Waals surface area (Å²) in [6.07, 6.45) is 3.16. The number of rotatable bonds is 3. The molecule has 1 rings (SSSR count). The highest BCUT2D eigenvalue weighted by atomic mass is 32.2. The number of aliphatic hydroxyl groups is 1. The summed E-state index contributed by atoms with van der Waals surface area (Å²) in [5.41, 5.74) is 0.893. The lowest BCUT2D eigenvalue weighted by Gasteiger charge is -2.19. The molecule has 0 amide bonds. The van der Waals surface area contributed by atoms with Crippen molar-refractivity contribution in [3.05, 3.63) is 18.0 Å². The van der Waals surface area contributed by atoms with Crippen molar-refractivity contribution in [2.24, 2.45) is 7.05 Å². The maximum absolute atomic E-state index is 9.82. The topological polar surface area (TPSA) is 38.0 Å². The molecule has 1 heterocycles. The van der Waals surface area contributed by atoms with Gasteiger partial charge in [0.15, 0.2) is 0 Å². The van der Waals surface area contributed by atoms with Gasteiger partial charge in [0.1, 0.15) is 0 Å². The third-order valence-electron chi connectivity index (χ3n) is 1.78. The highest BCUT2D eigenvalue weighted by Crippen LogP contribution is 2.27. The lowest BCUT2D eigenvalue weighted by molar-refractivity contribution is 0.203. The van der Waals surface area contributed by atoms with E-state index in [1.165, 1.54) is 0 Å². The Morgan fingerprint density at radius 1 is 1.57 bits per heavy atom. The Bertz CT molecular complexity index is 291. The molecule has 0 spiro atoms. The Labute approximate surface area is 89.5 Å². The van der Waals surface area contributed by atoms with E-state index < -0.39 is 6.10 Å². The third-order valence-corrected chi connectivity index (χ3v) is 3.13. The zero-order valence-corrected chi connectivity index (χ0v) is 10.0. The molecule has 14 heavy (non-hydrogen) atoms. The number of nitrogens with zero attached hydrogens (tertiary/aromatic N) is 2. The van der Waals surface area contributed by atoms with Crippen LogP contribution in [0.5, 0.6) is 0 Å². The van der Waals surface area contributed by atoms with Crippen LogP contribution >= 0.6 is 11.8 Å². The van der Waals surface area contributed by atoms with Crippen LogP contribution in [0.4, 0.5) is 0 Å². The van der Waals surface area contributed by atoms with Gasteiger partial charge in [0.25, 0.3) is 0 Å². The van der Waals surface area contributed by atoms with Gasteiger partial charge in [-0.15, -0.1) is 0 Å². The standard InChI is InChI=1S/C10H18N2OS/c1-10(2,3)14-7-9(13)8-5-11-12(4)6-8/h5-6,9,13H,7H2,1-4H3. The minimum atomic E-state index is -0.409. The Kier molecular flexibility index (Phi) is 3.61. The molecule has 0 aromatic carbocycles. The predicted octanol–water partition coefficient (Wildman–Crippen LogP) is 1.99. The van der Waals surface area contributed by atoms with Crippen molar-refractivity contribution in [2.45, 2.75) is 31.6 Å². The lowest BCUT2D eigenvalue weighted by Crippen LogP contribution is -2.11. The van der Waals surface area contributed by atoms with Crippen LogP contribution < -0.4 is 0 Å². The van der Waals surface area contributed by atoms with Crippen molar-refractivity contribution in [3.63, 3.8) is 0 Å². The van der Waals surface area contributed by atoms with E-state index in [1.807, 2.05) is 13.2 Å². The zero-order chi connectivity index (χ0) is 10.8. The van der Waals surface area contributed by atoms with Gasteiger partial charge in [0.2, 0.25) is 0 Å². The third kappa shape index (κ3) is 3.72. The van der Waals surface area contributed by atoms with Crippen LogP contribution in [0, 0.1) is 0 Å². The SMILES string of the molecule is Cn1cc(C(O)CSC(C)(C)C)cn1. The second-order valence-electron chi connectivity index (χ2n) is 4.39. The molecule has 0 aliphatic heterocycles. The first-order valence-electron chi connectivity index (χ1n) is 4.69. The molecule has 0 bridgehead atoms. The van der Waals surface area contributed by atoms with E-state index in [-0.39, 0.29) is 4.75 Å². The van der Waals surface area contributed by atoms with Crippen LogP contribution in [0.25, 0.3) is 0 Å². The van der Waals surface area contributed by atoms with Crippen molar-refractivity contribution in [1.82, 2.24) is 9.78 Å². The van der Waals surface area contributed by atoms with Crippen LogP contribution in [-0.4, -0.2) is 25.4 Å². The molecule has 80 valence electrons. The highest BCUT2D eigenvalue weighted by molar-refractivity contribution is 8.00. The summed E-state index contributed by atoms with van der Waals surface area (Å²) in [5, 5.41) is 13.9. The van der Waals surface area contributed by atoms with Crippen molar-refractivity contribution in [3.8, 4) is 0 Å². The van der Waals surface area contributed by atoms with Crippen LogP contribution in [0.3, 0.4) is 0 Å². The first kappa shape index (κ1) is 11.6. The fourth-order valence-corrected chi connectivity index (χ4v) is 1.89. The van der Waals surface area contributed by atoms with E-state index in [0.29, 0.717) is 0 Å². The minimum Gasteiger partial charge on any atom is -0.387 e. The summed E-state index contributed by atoms with van der Waals surface area (Å²) in [4.78, 5) is 0. The van der Waals surface area contributed by atoms with Crippen molar-refractivity contribution >= 4 is 11.8 Å². The van der Waals surface area contributed by atoms with Gasteiger partial charge in [-0.3, -0.25) is 4.68 Å². The van der Waals surface area contributed by atoms with Crippen LogP contribution in [0.15, 0.2) is 12.4 Å². The number of hydrogen-bond donors (Lipinski definition) is 1. The molecule has 0 saturated heterocycles. The van der Waals surface area contributed by atoms with Gasteiger partial charge in [-0.1, -0.05) is 20.8 Å². The number of aryl methyl sites for hydroxylation is 1. The maximum atomic E-state index is 9.82. The molecule has 0 aliphatic rings. The van der Waals surface area contributed by atoms with Gasteiger partial charge in [0.05, 0.1) is 12.3 Å². The molecule has 1 aromatic rings. The summed E-state index contributed by atoms with van der Waals surface area (Å²) in [6.45, 7) is 6.44. The normalized spacial score (nSPS) is 14.4.